The average molecular weight is 211 g/mol. The minimum absolute atomic E-state index is 0. The first kappa shape index (κ1) is 15.7. The van der Waals surface area contributed by atoms with Crippen molar-refractivity contribution >= 4 is 46.9 Å². The third kappa shape index (κ3) is 42.1. The van der Waals surface area contributed by atoms with Gasteiger partial charge in [-0.1, -0.05) is 0 Å². The zero-order valence-electron chi connectivity index (χ0n) is 2.30. The zero-order valence-corrected chi connectivity index (χ0v) is 5.76. The first-order valence-corrected chi connectivity index (χ1v) is 1.95. The number of rotatable bonds is 0. The van der Waals surface area contributed by atoms with Crippen LogP contribution < -0.4 is 0 Å². The molecule has 6 heavy (non-hydrogen) atoms. The zero-order chi connectivity index (χ0) is 3.58. The van der Waals surface area contributed by atoms with Gasteiger partial charge in [-0.25, -0.2) is 0 Å². The summed E-state index contributed by atoms with van der Waals surface area (Å²) in [6.07, 6.45) is 0. The maximum atomic E-state index is 8.74. The Hall–Kier alpha value is 1.76. The standard InChI is InChI=1S/Ca.H2O3Si.Zr.2H/c;1-4(2)3;;;/h;1-2H;;;. The largest absolute Gasteiger partial charge is 0 e. The van der Waals surface area contributed by atoms with Crippen LogP contribution in [-0.2, 0) is 30.7 Å². The second kappa shape index (κ2) is 9.90. The van der Waals surface area contributed by atoms with Gasteiger partial charge in [0.05, 0.1) is 0 Å². The molecule has 3 nitrogen and oxygen atoms in total. The molecule has 0 fully saturated rings. The Morgan fingerprint density at radius 2 is 1.33 bits per heavy atom. The Kier molecular flexibility index (Phi) is 25.8. The van der Waals surface area contributed by atoms with E-state index >= 15 is 0 Å². The predicted octanol–water partition coefficient (Wildman–Crippen LogP) is -2.53. The van der Waals surface area contributed by atoms with Crippen LogP contribution in [0.5, 0.6) is 0 Å². The monoisotopic (exact) mass is 210 g/mol. The first-order chi connectivity index (χ1) is 1.73. The fraction of sp³-hybridized carbons (Fsp3) is 0. The molecule has 0 saturated carbocycles. The van der Waals surface area contributed by atoms with Gasteiger partial charge in [0.15, 0.2) is 0 Å². The van der Waals surface area contributed by atoms with E-state index in [0.29, 0.717) is 0 Å². The summed E-state index contributed by atoms with van der Waals surface area (Å²) < 4.78 is 8.74. The summed E-state index contributed by atoms with van der Waals surface area (Å²) in [5, 5.41) is 0. The second-order valence-corrected chi connectivity index (χ2v) is 0.848. The summed E-state index contributed by atoms with van der Waals surface area (Å²) in [7, 11) is -3.13. The molecule has 0 aliphatic rings. The normalized spacial score (nSPS) is 4.00. The van der Waals surface area contributed by atoms with Crippen molar-refractivity contribution in [2.24, 2.45) is 0 Å². The summed E-state index contributed by atoms with van der Waals surface area (Å²) >= 11 is 0. The van der Waals surface area contributed by atoms with Crippen LogP contribution in [0.25, 0.3) is 0 Å². The van der Waals surface area contributed by atoms with Crippen LogP contribution in [0.2, 0.25) is 0 Å². The molecule has 32 valence electrons. The van der Waals surface area contributed by atoms with Gasteiger partial charge in [0.2, 0.25) is 0 Å². The molecule has 0 aromatic carbocycles. The molecular weight excluding hydrogens is 207 g/mol. The Morgan fingerprint density at radius 3 is 1.33 bits per heavy atom. The Bertz CT molecular complexity index is 33.8. The Labute approximate surface area is 85.8 Å². The van der Waals surface area contributed by atoms with Crippen molar-refractivity contribution in [3.8, 4) is 0 Å². The quantitative estimate of drug-likeness (QED) is 0.435. The summed E-state index contributed by atoms with van der Waals surface area (Å²) in [6, 6.07) is 0. The average Bonchev–Trinajstić information content (AvgIpc) is 0.811. The van der Waals surface area contributed by atoms with Crippen molar-refractivity contribution in [3.05, 3.63) is 0 Å². The van der Waals surface area contributed by atoms with Crippen LogP contribution in [0.3, 0.4) is 0 Å². The molecule has 0 unspecified atom stereocenters. The van der Waals surface area contributed by atoms with Crippen LogP contribution in [0.1, 0.15) is 0 Å². The maximum absolute atomic E-state index is 8.74. The van der Waals surface area contributed by atoms with E-state index in [9.17, 15) is 0 Å². The van der Waals surface area contributed by atoms with Gasteiger partial charge in [0, 0.05) is 26.2 Å². The third-order valence-electron chi connectivity index (χ3n) is 0. The van der Waals surface area contributed by atoms with Gasteiger partial charge >= 0.3 is 46.9 Å². The first-order valence-electron chi connectivity index (χ1n) is 0.651. The molecule has 0 heterocycles. The van der Waals surface area contributed by atoms with Gasteiger partial charge in [0.1, 0.15) is 0 Å². The maximum Gasteiger partial charge on any atom is 0 e. The van der Waals surface area contributed by atoms with Crippen LogP contribution in [0.4, 0.5) is 0 Å². The molecule has 0 aliphatic heterocycles. The molecule has 0 amide bonds. The Morgan fingerprint density at radius 1 is 1.33 bits per heavy atom. The second-order valence-electron chi connectivity index (χ2n) is 0.283. The van der Waals surface area contributed by atoms with Crippen molar-refractivity contribution < 1.29 is 40.3 Å². The number of hydrogen-bond acceptors (Lipinski definition) is 1. The Balaban J connectivity index is -0.0000000450. The van der Waals surface area contributed by atoms with Gasteiger partial charge in [-0.3, -0.25) is 4.46 Å². The van der Waals surface area contributed by atoms with Crippen LogP contribution in [-0.4, -0.2) is 56.5 Å². The van der Waals surface area contributed by atoms with Gasteiger partial charge in [-0.15, -0.1) is 0 Å². The molecule has 0 aliphatic carbocycles. The van der Waals surface area contributed by atoms with E-state index < -0.39 is 9.17 Å². The van der Waals surface area contributed by atoms with Gasteiger partial charge in [0.25, 0.3) is 0 Å². The van der Waals surface area contributed by atoms with Gasteiger partial charge in [-0.2, -0.15) is 0 Å². The minimum atomic E-state index is -3.13. The topological polar surface area (TPSA) is 57.5 Å². The van der Waals surface area contributed by atoms with E-state index in [1.807, 2.05) is 0 Å². The van der Waals surface area contributed by atoms with E-state index in [0.717, 1.165) is 0 Å². The minimum Gasteiger partial charge on any atom is 0 e. The van der Waals surface area contributed by atoms with Gasteiger partial charge < -0.3 is 9.59 Å². The molecule has 0 spiro atoms. The van der Waals surface area contributed by atoms with Crippen molar-refractivity contribution in [3.63, 3.8) is 0 Å². The summed E-state index contributed by atoms with van der Waals surface area (Å²) in [4.78, 5) is 14.3. The van der Waals surface area contributed by atoms with Crippen molar-refractivity contribution in [1.82, 2.24) is 0 Å². The fourth-order valence-electron chi connectivity index (χ4n) is 0. The summed E-state index contributed by atoms with van der Waals surface area (Å²) in [5.41, 5.74) is 0. The van der Waals surface area contributed by atoms with Crippen molar-refractivity contribution in [2.75, 3.05) is 0 Å². The fourth-order valence-corrected chi connectivity index (χ4v) is 0. The van der Waals surface area contributed by atoms with Crippen molar-refractivity contribution in [1.29, 1.82) is 0 Å². The third-order valence-corrected chi connectivity index (χ3v) is 0. The van der Waals surface area contributed by atoms with E-state index in [1.54, 1.807) is 0 Å². The SMILES string of the molecule is O=[Si](O)O.[CaH2].[Zr]. The molecular formula is H4CaO3SiZr. The van der Waals surface area contributed by atoms with Crippen LogP contribution >= 0.6 is 0 Å². The van der Waals surface area contributed by atoms with E-state index in [-0.39, 0.29) is 63.9 Å². The van der Waals surface area contributed by atoms with E-state index in [4.69, 9.17) is 14.1 Å². The molecule has 0 rings (SSSR count). The molecule has 0 saturated heterocycles. The smallest absolute Gasteiger partial charge is 0 e. The predicted molar refractivity (Wildman–Crippen MR) is 19.4 cm³/mol. The molecule has 0 aromatic heterocycles. The molecule has 0 bridgehead atoms. The summed E-state index contributed by atoms with van der Waals surface area (Å²) in [6.45, 7) is 0. The van der Waals surface area contributed by atoms with Crippen molar-refractivity contribution in [2.45, 2.75) is 0 Å². The molecule has 2 N–H and O–H groups in total. The number of hydrogen-bond donors (Lipinski definition) is 2. The van der Waals surface area contributed by atoms with Crippen LogP contribution in [0, 0.1) is 0 Å². The summed E-state index contributed by atoms with van der Waals surface area (Å²) in [5.74, 6) is 0. The van der Waals surface area contributed by atoms with E-state index in [1.165, 1.54) is 0 Å². The van der Waals surface area contributed by atoms with Gasteiger partial charge in [-0.05, 0) is 0 Å². The molecule has 6 heteroatoms. The molecule has 0 atom stereocenters. The molecule has 0 radical (unpaired) electrons. The van der Waals surface area contributed by atoms with Crippen LogP contribution in [0.15, 0.2) is 0 Å². The van der Waals surface area contributed by atoms with E-state index in [2.05, 4.69) is 0 Å². The molecule has 0 aromatic rings.